The fraction of sp³-hybridized carbons (Fsp3) is 0.556. The highest BCUT2D eigenvalue weighted by Crippen LogP contribution is 2.30. The van der Waals surface area contributed by atoms with Crippen LogP contribution in [-0.4, -0.2) is 71.4 Å². The maximum atomic E-state index is 12.7. The second-order valence-electron chi connectivity index (χ2n) is 7.05. The Labute approximate surface area is 142 Å². The van der Waals surface area contributed by atoms with E-state index in [4.69, 9.17) is 0 Å². The summed E-state index contributed by atoms with van der Waals surface area (Å²) in [4.78, 5) is 30.3. The van der Waals surface area contributed by atoms with Gasteiger partial charge in [-0.05, 0) is 30.5 Å². The van der Waals surface area contributed by atoms with Gasteiger partial charge in [-0.15, -0.1) is 0 Å². The van der Waals surface area contributed by atoms with Gasteiger partial charge in [0.25, 0.3) is 0 Å². The largest absolute Gasteiger partial charge is 0.508 e. The summed E-state index contributed by atoms with van der Waals surface area (Å²) in [5, 5.41) is 9.63. The summed E-state index contributed by atoms with van der Waals surface area (Å²) in [7, 11) is 3.44. The number of nitrogens with zero attached hydrogens (tertiary/aromatic N) is 3. The van der Waals surface area contributed by atoms with E-state index in [9.17, 15) is 14.7 Å². The first-order valence-corrected chi connectivity index (χ1v) is 8.45. The summed E-state index contributed by atoms with van der Waals surface area (Å²) in [6.07, 6.45) is 1.85. The molecule has 3 heterocycles. The molecule has 6 nitrogen and oxygen atoms in total. The van der Waals surface area contributed by atoms with Crippen molar-refractivity contribution in [2.45, 2.75) is 25.4 Å². The van der Waals surface area contributed by atoms with Crippen LogP contribution in [0.1, 0.15) is 18.4 Å². The van der Waals surface area contributed by atoms with Crippen LogP contribution in [0.2, 0.25) is 0 Å². The molecule has 0 spiro atoms. The molecule has 2 unspecified atom stereocenters. The number of carbonyl (C=O) groups is 2. The summed E-state index contributed by atoms with van der Waals surface area (Å²) in [6.45, 7) is 2.38. The molecule has 0 aromatic heterocycles. The van der Waals surface area contributed by atoms with Gasteiger partial charge in [0.15, 0.2) is 0 Å². The van der Waals surface area contributed by atoms with E-state index < -0.39 is 0 Å². The smallest absolute Gasteiger partial charge is 0.241 e. The van der Waals surface area contributed by atoms with Crippen molar-refractivity contribution in [1.82, 2.24) is 14.7 Å². The number of phenols is 1. The first kappa shape index (κ1) is 16.8. The van der Waals surface area contributed by atoms with Crippen molar-refractivity contribution in [2.75, 3.05) is 33.7 Å². The third kappa shape index (κ3) is 3.53. The van der Waals surface area contributed by atoms with E-state index in [0.29, 0.717) is 6.54 Å². The third-order valence-corrected chi connectivity index (χ3v) is 4.99. The zero-order valence-electron chi connectivity index (χ0n) is 14.3. The lowest BCUT2D eigenvalue weighted by molar-refractivity contribution is -0.145. The predicted molar refractivity (Wildman–Crippen MR) is 90.3 cm³/mol. The topological polar surface area (TPSA) is 64.1 Å². The molecule has 3 aliphatic rings. The highest BCUT2D eigenvalue weighted by atomic mass is 16.3. The molecule has 6 heteroatoms. The Bertz CT molecular complexity index is 632. The maximum absolute atomic E-state index is 12.7. The van der Waals surface area contributed by atoms with Crippen molar-refractivity contribution in [3.63, 3.8) is 0 Å². The van der Waals surface area contributed by atoms with Crippen LogP contribution in [0.3, 0.4) is 0 Å². The van der Waals surface area contributed by atoms with Gasteiger partial charge in [0.1, 0.15) is 12.3 Å². The molecule has 3 aliphatic heterocycles. The van der Waals surface area contributed by atoms with E-state index in [0.717, 1.165) is 31.5 Å². The van der Waals surface area contributed by atoms with Gasteiger partial charge in [-0.25, -0.2) is 0 Å². The SMILES string of the molecule is CN(C)C(=O)CN1C(=O)C2CCC1CN(Cc1cccc(O)c1)C2. The minimum absolute atomic E-state index is 0.0315. The van der Waals surface area contributed by atoms with Crippen molar-refractivity contribution in [3.05, 3.63) is 29.8 Å². The number of phenolic OH excluding ortho intramolecular Hbond substituents is 1. The average molecular weight is 331 g/mol. The predicted octanol–water partition coefficient (Wildman–Crippen LogP) is 0.903. The Hall–Kier alpha value is -2.08. The summed E-state index contributed by atoms with van der Waals surface area (Å²) in [6, 6.07) is 7.35. The Morgan fingerprint density at radius 1 is 1.29 bits per heavy atom. The van der Waals surface area contributed by atoms with Crippen LogP contribution in [-0.2, 0) is 16.1 Å². The average Bonchev–Trinajstić information content (AvgIpc) is 2.79. The van der Waals surface area contributed by atoms with Crippen molar-refractivity contribution < 1.29 is 14.7 Å². The van der Waals surface area contributed by atoms with Crippen molar-refractivity contribution >= 4 is 11.8 Å². The summed E-state index contributed by atoms with van der Waals surface area (Å²) in [5.74, 6) is 0.311. The van der Waals surface area contributed by atoms with Crippen molar-refractivity contribution in [3.8, 4) is 5.75 Å². The minimum Gasteiger partial charge on any atom is -0.508 e. The number of hydrogen-bond acceptors (Lipinski definition) is 4. The summed E-state index contributed by atoms with van der Waals surface area (Å²) < 4.78 is 0. The Kier molecular flexibility index (Phi) is 4.76. The number of fused-ring (bicyclic) bond motifs is 4. The molecule has 2 amide bonds. The van der Waals surface area contributed by atoms with Crippen LogP contribution in [0.25, 0.3) is 0 Å². The molecule has 3 fully saturated rings. The molecule has 1 aromatic carbocycles. The lowest BCUT2D eigenvalue weighted by Gasteiger charge is -2.36. The normalized spacial score (nSPS) is 24.1. The van der Waals surface area contributed by atoms with E-state index >= 15 is 0 Å². The Morgan fingerprint density at radius 2 is 2.08 bits per heavy atom. The minimum atomic E-state index is -0.0320. The standard InChI is InChI=1S/C18H25N3O3/c1-19(2)17(23)12-21-15-7-6-14(18(21)24)10-20(11-15)9-13-4-3-5-16(22)8-13/h3-5,8,14-15,22H,6-7,9-12H2,1-2H3. The molecule has 130 valence electrons. The number of aromatic hydroxyl groups is 1. The lowest BCUT2D eigenvalue weighted by atomic mass is 9.94. The van der Waals surface area contributed by atoms with Crippen LogP contribution in [0, 0.1) is 5.92 Å². The van der Waals surface area contributed by atoms with Gasteiger partial charge in [-0.2, -0.15) is 0 Å². The molecule has 2 bridgehead atoms. The van der Waals surface area contributed by atoms with Gasteiger partial charge < -0.3 is 14.9 Å². The van der Waals surface area contributed by atoms with E-state index in [2.05, 4.69) is 4.90 Å². The molecule has 1 aromatic rings. The number of piperidine rings is 1. The van der Waals surface area contributed by atoms with Crippen LogP contribution < -0.4 is 0 Å². The zero-order chi connectivity index (χ0) is 17.3. The number of benzene rings is 1. The zero-order valence-corrected chi connectivity index (χ0v) is 14.3. The van der Waals surface area contributed by atoms with Gasteiger partial charge in [-0.3, -0.25) is 14.5 Å². The van der Waals surface area contributed by atoms with E-state index in [1.54, 1.807) is 31.1 Å². The van der Waals surface area contributed by atoms with E-state index in [1.165, 1.54) is 4.90 Å². The van der Waals surface area contributed by atoms with Crippen molar-refractivity contribution in [2.24, 2.45) is 5.92 Å². The third-order valence-electron chi connectivity index (χ3n) is 4.99. The van der Waals surface area contributed by atoms with E-state index in [-0.39, 0.29) is 36.1 Å². The number of amides is 2. The summed E-state index contributed by atoms with van der Waals surface area (Å²) in [5.41, 5.74) is 1.04. The number of likely N-dealkylation sites (N-methyl/N-ethyl adjacent to an activating group) is 1. The Balaban J connectivity index is 1.72. The molecular formula is C18H25N3O3. The first-order valence-electron chi connectivity index (χ1n) is 8.45. The molecular weight excluding hydrogens is 306 g/mol. The van der Waals surface area contributed by atoms with Crippen LogP contribution in [0.5, 0.6) is 5.75 Å². The monoisotopic (exact) mass is 331 g/mol. The molecule has 3 saturated heterocycles. The molecule has 4 rings (SSSR count). The van der Waals surface area contributed by atoms with Gasteiger partial charge in [0.05, 0.1) is 5.92 Å². The van der Waals surface area contributed by atoms with Gasteiger partial charge in [-0.1, -0.05) is 12.1 Å². The molecule has 2 atom stereocenters. The quantitative estimate of drug-likeness (QED) is 0.890. The Morgan fingerprint density at radius 3 is 2.79 bits per heavy atom. The summed E-state index contributed by atoms with van der Waals surface area (Å²) >= 11 is 0. The number of rotatable bonds is 4. The highest BCUT2D eigenvalue weighted by Gasteiger charge is 2.41. The van der Waals surface area contributed by atoms with Gasteiger partial charge >= 0.3 is 0 Å². The second kappa shape index (κ2) is 6.81. The molecule has 1 N–H and O–H groups in total. The van der Waals surface area contributed by atoms with Crippen LogP contribution in [0.4, 0.5) is 0 Å². The van der Waals surface area contributed by atoms with Gasteiger partial charge in [0.2, 0.25) is 11.8 Å². The fourth-order valence-corrected chi connectivity index (χ4v) is 3.67. The first-order chi connectivity index (χ1) is 11.4. The highest BCUT2D eigenvalue weighted by molar-refractivity contribution is 5.86. The fourth-order valence-electron chi connectivity index (χ4n) is 3.67. The maximum Gasteiger partial charge on any atom is 0.241 e. The second-order valence-corrected chi connectivity index (χ2v) is 7.05. The molecule has 0 saturated carbocycles. The number of carbonyl (C=O) groups excluding carboxylic acids is 2. The number of hydrogen-bond donors (Lipinski definition) is 1. The lowest BCUT2D eigenvalue weighted by Crippen LogP contribution is -2.51. The molecule has 24 heavy (non-hydrogen) atoms. The van der Waals surface area contributed by atoms with Gasteiger partial charge in [0, 0.05) is 39.8 Å². The van der Waals surface area contributed by atoms with Crippen LogP contribution in [0.15, 0.2) is 24.3 Å². The van der Waals surface area contributed by atoms with E-state index in [1.807, 2.05) is 12.1 Å². The molecule has 0 aliphatic carbocycles. The molecule has 0 radical (unpaired) electrons. The van der Waals surface area contributed by atoms with Crippen molar-refractivity contribution in [1.29, 1.82) is 0 Å². The van der Waals surface area contributed by atoms with Crippen LogP contribution >= 0.6 is 0 Å².